The van der Waals surface area contributed by atoms with Gasteiger partial charge in [0, 0.05) is 24.8 Å². The molecule has 2 aromatic heterocycles. The van der Waals surface area contributed by atoms with Crippen LogP contribution in [-0.4, -0.2) is 59.4 Å². The molecule has 0 spiro atoms. The van der Waals surface area contributed by atoms with Gasteiger partial charge in [-0.3, -0.25) is 4.79 Å². The molecule has 1 atom stereocenters. The zero-order valence-electron chi connectivity index (χ0n) is 22.2. The molecule has 0 unspecified atom stereocenters. The van der Waals surface area contributed by atoms with Crippen LogP contribution in [0.1, 0.15) is 30.0 Å². The normalized spacial score (nSPS) is 15.5. The molecule has 0 saturated carbocycles. The molecule has 3 N–H and O–H groups in total. The fourth-order valence-corrected chi connectivity index (χ4v) is 5.02. The minimum atomic E-state index is -4.54. The Hall–Kier alpha value is -4.30. The molecule has 10 nitrogen and oxygen atoms in total. The van der Waals surface area contributed by atoms with Crippen molar-refractivity contribution in [1.82, 2.24) is 15.2 Å². The van der Waals surface area contributed by atoms with E-state index in [4.69, 9.17) is 9.15 Å². The predicted octanol–water partition coefficient (Wildman–Crippen LogP) is 5.32. The zero-order valence-corrected chi connectivity index (χ0v) is 23.1. The Bertz CT molecular complexity index is 1570. The largest absolute Gasteiger partial charge is 0.402 e. The minimum absolute atomic E-state index is 0.0603. The van der Waals surface area contributed by atoms with Crippen molar-refractivity contribution in [1.29, 1.82) is 0 Å². The molecule has 1 aliphatic rings. The summed E-state index contributed by atoms with van der Waals surface area (Å²) in [4.78, 5) is 22.0. The number of hydrogen-bond donors (Lipinski definition) is 3. The molecular formula is C27H26F3N7O3S. The van der Waals surface area contributed by atoms with Gasteiger partial charge in [-0.15, -0.1) is 5.10 Å². The molecule has 5 rings (SSSR count). The summed E-state index contributed by atoms with van der Waals surface area (Å²) < 4.78 is 52.1. The first-order valence-corrected chi connectivity index (χ1v) is 13.3. The van der Waals surface area contributed by atoms with Gasteiger partial charge in [0.15, 0.2) is 5.69 Å². The van der Waals surface area contributed by atoms with E-state index in [1.54, 1.807) is 12.1 Å². The summed E-state index contributed by atoms with van der Waals surface area (Å²) >= 11 is 0.846. The first-order valence-electron chi connectivity index (χ1n) is 12.5. The molecule has 14 heteroatoms. The van der Waals surface area contributed by atoms with E-state index in [2.05, 4.69) is 36.1 Å². The van der Waals surface area contributed by atoms with E-state index < -0.39 is 23.7 Å². The van der Waals surface area contributed by atoms with E-state index in [-0.39, 0.29) is 22.6 Å². The number of ether oxygens (including phenoxy) is 1. The average molecular weight is 586 g/mol. The van der Waals surface area contributed by atoms with Gasteiger partial charge in [-0.1, -0.05) is 65.0 Å². The van der Waals surface area contributed by atoms with Crippen LogP contribution >= 0.6 is 11.3 Å². The van der Waals surface area contributed by atoms with Crippen LogP contribution in [0.5, 0.6) is 0 Å². The Kier molecular flexibility index (Phi) is 7.78. The van der Waals surface area contributed by atoms with Gasteiger partial charge in [0.25, 0.3) is 11.8 Å². The Morgan fingerprint density at radius 1 is 1.07 bits per heavy atom. The van der Waals surface area contributed by atoms with E-state index in [1.165, 1.54) is 7.11 Å². The van der Waals surface area contributed by atoms with Crippen LogP contribution in [0.15, 0.2) is 64.0 Å². The summed E-state index contributed by atoms with van der Waals surface area (Å²) in [5.41, 5.74) is 0.528. The van der Waals surface area contributed by atoms with Crippen molar-refractivity contribution < 1.29 is 27.1 Å². The van der Waals surface area contributed by atoms with Crippen LogP contribution in [-0.2, 0) is 14.9 Å². The van der Waals surface area contributed by atoms with Crippen molar-refractivity contribution in [2.24, 2.45) is 4.99 Å². The number of aliphatic imine (C=N–C) groups is 1. The summed E-state index contributed by atoms with van der Waals surface area (Å²) in [6, 6.07) is 16.5. The highest BCUT2D eigenvalue weighted by atomic mass is 32.1. The third-order valence-corrected chi connectivity index (χ3v) is 7.68. The lowest BCUT2D eigenvalue weighted by Crippen LogP contribution is -2.36. The lowest BCUT2D eigenvalue weighted by Gasteiger charge is -2.24. The first-order chi connectivity index (χ1) is 19.6. The van der Waals surface area contributed by atoms with Crippen LogP contribution in [0.2, 0.25) is 0 Å². The van der Waals surface area contributed by atoms with Crippen molar-refractivity contribution in [3.8, 4) is 11.6 Å². The number of thiazole rings is 1. The first kappa shape index (κ1) is 28.2. The number of nitrogens with zero attached hydrogens (tertiary/aromatic N) is 4. The summed E-state index contributed by atoms with van der Waals surface area (Å²) in [6.07, 6.45) is -5.69. The van der Waals surface area contributed by atoms with Gasteiger partial charge in [0.1, 0.15) is 15.4 Å². The lowest BCUT2D eigenvalue weighted by atomic mass is 9.94. The molecular weight excluding hydrogens is 559 g/mol. The highest BCUT2D eigenvalue weighted by molar-refractivity contribution is 7.16. The maximum Gasteiger partial charge on any atom is 0.400 e. The Labute approximate surface area is 237 Å². The number of aromatic nitrogens is 3. The second-order valence-corrected chi connectivity index (χ2v) is 10.6. The van der Waals surface area contributed by atoms with Crippen LogP contribution in [0.4, 0.5) is 29.9 Å². The molecule has 0 bridgehead atoms. The number of anilines is 3. The quantitative estimate of drug-likeness (QED) is 0.225. The second kappa shape index (κ2) is 11.3. The van der Waals surface area contributed by atoms with Crippen LogP contribution in [0.25, 0.3) is 11.6 Å². The number of fused-ring (bicyclic) bond motifs is 1. The number of benzodiazepines with no additional fused rings is 1. The molecule has 1 amide bonds. The minimum Gasteiger partial charge on any atom is -0.402 e. The third kappa shape index (κ3) is 5.79. The maximum absolute atomic E-state index is 13.8. The number of benzene rings is 2. The van der Waals surface area contributed by atoms with Gasteiger partial charge in [0.05, 0.1) is 18.0 Å². The van der Waals surface area contributed by atoms with Gasteiger partial charge in [-0.2, -0.15) is 13.2 Å². The van der Waals surface area contributed by atoms with Crippen LogP contribution < -0.4 is 16.0 Å². The van der Waals surface area contributed by atoms with Crippen molar-refractivity contribution in [2.75, 3.05) is 36.2 Å². The fourth-order valence-electron chi connectivity index (χ4n) is 3.92. The predicted molar refractivity (Wildman–Crippen MR) is 149 cm³/mol. The number of alkyl halides is 3. The molecule has 0 saturated heterocycles. The van der Waals surface area contributed by atoms with Crippen molar-refractivity contribution >= 4 is 39.7 Å². The molecule has 3 heterocycles. The van der Waals surface area contributed by atoms with Gasteiger partial charge in [0.2, 0.25) is 6.17 Å². The lowest BCUT2D eigenvalue weighted by molar-refractivity contribution is -0.180. The summed E-state index contributed by atoms with van der Waals surface area (Å²) in [6.45, 7) is 2.74. The number of para-hydroxylation sites is 1. The highest BCUT2D eigenvalue weighted by Crippen LogP contribution is 2.45. The fraction of sp³-hybridized carbons (Fsp3) is 0.296. The number of carbonyl (C=O) groups is 1. The number of amides is 1. The molecule has 4 aromatic rings. The maximum atomic E-state index is 13.8. The number of rotatable bonds is 9. The number of nitrogens with one attached hydrogen (secondary N) is 3. The smallest absolute Gasteiger partial charge is 0.400 e. The average Bonchev–Trinajstić information content (AvgIpc) is 3.56. The summed E-state index contributed by atoms with van der Waals surface area (Å²) in [5, 5.41) is 16.8. The Morgan fingerprint density at radius 3 is 2.54 bits per heavy atom. The molecule has 214 valence electrons. The van der Waals surface area contributed by atoms with Crippen LogP contribution in [0, 0.1) is 0 Å². The van der Waals surface area contributed by atoms with Gasteiger partial charge < -0.3 is 25.1 Å². The molecule has 41 heavy (non-hydrogen) atoms. The monoisotopic (exact) mass is 585 g/mol. The third-order valence-electron chi connectivity index (χ3n) is 6.34. The van der Waals surface area contributed by atoms with Crippen LogP contribution in [0.3, 0.4) is 0 Å². The van der Waals surface area contributed by atoms with E-state index in [0.717, 1.165) is 36.3 Å². The standard InChI is InChI=1S/C27H26F3N7O3S/c1-26(2,27(28,29)30)24-34-19(23(41-24)31-13-14-39-3)22-36-37-25(40-22)35-20-21(38)32-17-12-8-7-11-16(17)18(33-20)15-9-5-4-6-10-15/h4-12,20,31H,13-14H2,1-3H3,(H,32,38)(H,35,37)/t20-/m1/s1. The summed E-state index contributed by atoms with van der Waals surface area (Å²) in [5.74, 6) is -0.592. The van der Waals surface area contributed by atoms with E-state index in [1.807, 2.05) is 42.5 Å². The Morgan fingerprint density at radius 2 is 1.80 bits per heavy atom. The summed E-state index contributed by atoms with van der Waals surface area (Å²) in [7, 11) is 1.51. The zero-order chi connectivity index (χ0) is 29.2. The molecule has 0 aliphatic carbocycles. The second-order valence-electron chi connectivity index (χ2n) is 9.58. The van der Waals surface area contributed by atoms with Gasteiger partial charge in [-0.25, -0.2) is 9.98 Å². The van der Waals surface area contributed by atoms with Crippen molar-refractivity contribution in [2.45, 2.75) is 31.6 Å². The number of hydrogen-bond acceptors (Lipinski definition) is 10. The number of carbonyl (C=O) groups excluding carboxylic acids is 1. The van der Waals surface area contributed by atoms with E-state index in [9.17, 15) is 18.0 Å². The number of methoxy groups -OCH3 is 1. The molecule has 0 fully saturated rings. The van der Waals surface area contributed by atoms with Crippen molar-refractivity contribution in [3.63, 3.8) is 0 Å². The number of halogens is 3. The van der Waals surface area contributed by atoms with Crippen molar-refractivity contribution in [3.05, 3.63) is 70.7 Å². The molecule has 2 aromatic carbocycles. The van der Waals surface area contributed by atoms with E-state index >= 15 is 0 Å². The topological polar surface area (TPSA) is 127 Å². The Balaban J connectivity index is 1.47. The molecule has 0 radical (unpaired) electrons. The van der Waals surface area contributed by atoms with Gasteiger partial charge >= 0.3 is 12.2 Å². The highest BCUT2D eigenvalue weighted by Gasteiger charge is 2.51. The SMILES string of the molecule is COCCNc1sc(C(C)(C)C(F)(F)F)nc1-c1nnc(N[C@H]2N=C(c3ccccc3)c3ccccc3NC2=O)o1. The van der Waals surface area contributed by atoms with E-state index in [0.29, 0.717) is 29.6 Å². The molecule has 1 aliphatic heterocycles. The van der Waals surface area contributed by atoms with Gasteiger partial charge in [-0.05, 0) is 19.9 Å².